The summed E-state index contributed by atoms with van der Waals surface area (Å²) in [5.41, 5.74) is 2.22. The molecule has 0 aliphatic carbocycles. The zero-order chi connectivity index (χ0) is 6.85. The van der Waals surface area contributed by atoms with Crippen molar-refractivity contribution in [2.24, 2.45) is 5.10 Å². The number of rotatable bonds is 1. The van der Waals surface area contributed by atoms with Gasteiger partial charge in [0.2, 0.25) is 0 Å². The number of quaternary nitrogens is 1. The fourth-order valence-corrected chi connectivity index (χ4v) is 0.571. The summed E-state index contributed by atoms with van der Waals surface area (Å²) in [6.07, 6.45) is 0. The number of nitrogens with one attached hydrogen (secondary N) is 2. The first kappa shape index (κ1) is 6.18. The molecule has 50 valence electrons. The summed E-state index contributed by atoms with van der Waals surface area (Å²) < 4.78 is 0. The Morgan fingerprint density at radius 2 is 2.56 bits per heavy atom. The minimum absolute atomic E-state index is 0.176. The number of aliphatic hydroxyl groups is 1. The topological polar surface area (TPSA) is 66.1 Å². The van der Waals surface area contributed by atoms with Gasteiger partial charge in [0.05, 0.1) is 7.05 Å². The minimum atomic E-state index is -0.223. The first-order valence-electron chi connectivity index (χ1n) is 2.57. The van der Waals surface area contributed by atoms with Crippen LogP contribution >= 0.6 is 0 Å². The second kappa shape index (κ2) is 2.12. The van der Waals surface area contributed by atoms with Crippen molar-refractivity contribution in [3.8, 4) is 0 Å². The molecule has 0 aromatic heterocycles. The molecule has 1 atom stereocenters. The fourth-order valence-electron chi connectivity index (χ4n) is 0.571. The lowest BCUT2D eigenvalue weighted by Crippen LogP contribution is -3.13. The zero-order valence-electron chi connectivity index (χ0n) is 5.01. The van der Waals surface area contributed by atoms with E-state index in [0.29, 0.717) is 10.7 Å². The molecule has 0 aromatic rings. The van der Waals surface area contributed by atoms with E-state index in [9.17, 15) is 4.79 Å². The van der Waals surface area contributed by atoms with E-state index in [0.717, 1.165) is 0 Å². The molecule has 9 heavy (non-hydrogen) atoms. The van der Waals surface area contributed by atoms with Crippen molar-refractivity contribution in [2.75, 3.05) is 13.7 Å². The van der Waals surface area contributed by atoms with Gasteiger partial charge in [-0.3, -0.25) is 0 Å². The van der Waals surface area contributed by atoms with Crippen LogP contribution in [0.25, 0.3) is 0 Å². The molecule has 1 heterocycles. The first-order chi connectivity index (χ1) is 4.25. The van der Waals surface area contributed by atoms with Gasteiger partial charge in [0.15, 0.2) is 0 Å². The lowest BCUT2D eigenvalue weighted by molar-refractivity contribution is -0.684. The minimum Gasteiger partial charge on any atom is -0.384 e. The van der Waals surface area contributed by atoms with E-state index in [-0.39, 0.29) is 12.6 Å². The lowest BCUT2D eigenvalue weighted by atomic mass is 10.6. The van der Waals surface area contributed by atoms with Crippen molar-refractivity contribution in [1.82, 2.24) is 5.43 Å². The van der Waals surface area contributed by atoms with E-state index in [2.05, 4.69) is 10.5 Å². The number of urea groups is 1. The van der Waals surface area contributed by atoms with Crippen LogP contribution in [-0.4, -0.2) is 30.6 Å². The van der Waals surface area contributed by atoms with Gasteiger partial charge < -0.3 is 5.11 Å². The van der Waals surface area contributed by atoms with Crippen molar-refractivity contribution >= 4 is 11.9 Å². The summed E-state index contributed by atoms with van der Waals surface area (Å²) in [6.45, 7) is -0.176. The van der Waals surface area contributed by atoms with Crippen molar-refractivity contribution in [3.63, 3.8) is 0 Å². The summed E-state index contributed by atoms with van der Waals surface area (Å²) in [7, 11) is 1.62. The highest BCUT2D eigenvalue weighted by atomic mass is 16.3. The van der Waals surface area contributed by atoms with Crippen molar-refractivity contribution < 1.29 is 14.8 Å². The number of aliphatic hydroxyl groups excluding tert-OH is 1. The first-order valence-corrected chi connectivity index (χ1v) is 2.57. The maximum atomic E-state index is 10.6. The van der Waals surface area contributed by atoms with E-state index in [1.807, 2.05) is 0 Å². The fraction of sp³-hybridized carbons (Fsp3) is 0.500. The molecular formula is C4H8N3O2+. The van der Waals surface area contributed by atoms with Crippen LogP contribution in [-0.2, 0) is 0 Å². The molecule has 0 fully saturated rings. The number of amidine groups is 1. The predicted molar refractivity (Wildman–Crippen MR) is 29.9 cm³/mol. The zero-order valence-corrected chi connectivity index (χ0v) is 5.01. The molecule has 0 saturated carbocycles. The molecule has 2 amide bonds. The Morgan fingerprint density at radius 1 is 1.89 bits per heavy atom. The third-order valence-electron chi connectivity index (χ3n) is 1.22. The van der Waals surface area contributed by atoms with Crippen molar-refractivity contribution in [1.29, 1.82) is 0 Å². The monoisotopic (exact) mass is 130 g/mol. The van der Waals surface area contributed by atoms with E-state index < -0.39 is 0 Å². The standard InChI is InChI=1S/C4H7N3O2/c1-7-3(2-8)5-6-4(7)9/h8H,2H2,1H3,(H,6,9)/p+1. The molecule has 0 aromatic carbocycles. The average molecular weight is 130 g/mol. The number of hydrogen-bond acceptors (Lipinski definition) is 3. The van der Waals surface area contributed by atoms with Gasteiger partial charge in [-0.1, -0.05) is 0 Å². The third-order valence-corrected chi connectivity index (χ3v) is 1.22. The molecule has 5 nitrogen and oxygen atoms in total. The molecule has 0 spiro atoms. The van der Waals surface area contributed by atoms with Gasteiger partial charge in [-0.05, 0) is 0 Å². The Hall–Kier alpha value is -0.940. The average Bonchev–Trinajstić information content (AvgIpc) is 2.15. The summed E-state index contributed by atoms with van der Waals surface area (Å²) in [6, 6.07) is -0.223. The highest BCUT2D eigenvalue weighted by Gasteiger charge is 2.26. The van der Waals surface area contributed by atoms with Gasteiger partial charge in [0, 0.05) is 0 Å². The number of amides is 2. The molecular weight excluding hydrogens is 122 g/mol. The van der Waals surface area contributed by atoms with E-state index in [1.54, 1.807) is 7.05 Å². The highest BCUT2D eigenvalue weighted by molar-refractivity contribution is 5.88. The number of carbonyl (C=O) groups excluding carboxylic acids is 1. The number of hydrazone groups is 1. The van der Waals surface area contributed by atoms with E-state index >= 15 is 0 Å². The smallest absolute Gasteiger partial charge is 0.384 e. The van der Waals surface area contributed by atoms with Gasteiger partial charge in [0.25, 0.3) is 5.84 Å². The highest BCUT2D eigenvalue weighted by Crippen LogP contribution is 1.71. The van der Waals surface area contributed by atoms with Gasteiger partial charge in [-0.15, -0.1) is 5.10 Å². The van der Waals surface area contributed by atoms with E-state index in [1.165, 1.54) is 0 Å². The van der Waals surface area contributed by atoms with Crippen LogP contribution in [0.15, 0.2) is 5.10 Å². The maximum absolute atomic E-state index is 10.6. The number of hydrogen-bond donors (Lipinski definition) is 3. The molecule has 1 rings (SSSR count). The quantitative estimate of drug-likeness (QED) is 0.368. The van der Waals surface area contributed by atoms with Crippen molar-refractivity contribution in [3.05, 3.63) is 0 Å². The molecule has 1 aliphatic heterocycles. The summed E-state index contributed by atoms with van der Waals surface area (Å²) in [5, 5.41) is 12.1. The third kappa shape index (κ3) is 0.914. The molecule has 1 aliphatic rings. The molecule has 0 bridgehead atoms. The number of nitrogens with zero attached hydrogens (tertiary/aromatic N) is 1. The second-order valence-electron chi connectivity index (χ2n) is 1.78. The predicted octanol–water partition coefficient (Wildman–Crippen LogP) is -2.47. The largest absolute Gasteiger partial charge is 0.441 e. The Balaban J connectivity index is 2.66. The van der Waals surface area contributed by atoms with Crippen LogP contribution in [0.1, 0.15) is 0 Å². The normalized spacial score (nSPS) is 25.8. The van der Waals surface area contributed by atoms with Gasteiger partial charge in [-0.25, -0.2) is 9.69 Å². The molecule has 0 radical (unpaired) electrons. The number of carbonyl (C=O) groups is 1. The molecule has 1 unspecified atom stereocenters. The van der Waals surface area contributed by atoms with Crippen LogP contribution in [0.3, 0.4) is 0 Å². The van der Waals surface area contributed by atoms with Crippen LogP contribution in [0.4, 0.5) is 4.79 Å². The van der Waals surface area contributed by atoms with Gasteiger partial charge in [-0.2, -0.15) is 5.43 Å². The van der Waals surface area contributed by atoms with Crippen LogP contribution in [0, 0.1) is 0 Å². The Labute approximate surface area is 52.0 Å². The van der Waals surface area contributed by atoms with Crippen LogP contribution in [0.5, 0.6) is 0 Å². The Bertz CT molecular complexity index is 165. The Morgan fingerprint density at radius 3 is 2.78 bits per heavy atom. The number of likely N-dealkylation sites (N-methyl/N-ethyl adjacent to an activating group) is 1. The van der Waals surface area contributed by atoms with Crippen LogP contribution in [0.2, 0.25) is 0 Å². The summed E-state index contributed by atoms with van der Waals surface area (Å²) >= 11 is 0. The van der Waals surface area contributed by atoms with E-state index in [4.69, 9.17) is 5.11 Å². The lowest BCUT2D eigenvalue weighted by Gasteiger charge is -1.98. The maximum Gasteiger partial charge on any atom is 0.441 e. The Kier molecular flexibility index (Phi) is 1.46. The molecule has 5 heteroatoms. The SMILES string of the molecule is C[NH+]1C(=O)NN=C1CO. The van der Waals surface area contributed by atoms with Gasteiger partial charge in [0.1, 0.15) is 6.61 Å². The second-order valence-corrected chi connectivity index (χ2v) is 1.78. The molecule has 3 N–H and O–H groups in total. The summed E-state index contributed by atoms with van der Waals surface area (Å²) in [4.78, 5) is 11.1. The summed E-state index contributed by atoms with van der Waals surface area (Å²) in [5.74, 6) is 0.431. The van der Waals surface area contributed by atoms with Crippen molar-refractivity contribution in [2.45, 2.75) is 0 Å². The molecule has 0 saturated heterocycles. The van der Waals surface area contributed by atoms with Gasteiger partial charge >= 0.3 is 6.03 Å². The van der Waals surface area contributed by atoms with Crippen LogP contribution < -0.4 is 10.3 Å².